The van der Waals surface area contributed by atoms with Crippen molar-refractivity contribution < 1.29 is 4.79 Å². The molecule has 0 fully saturated rings. The maximum atomic E-state index is 12.1. The van der Waals surface area contributed by atoms with E-state index in [2.05, 4.69) is 17.4 Å². The first kappa shape index (κ1) is 14.1. The van der Waals surface area contributed by atoms with E-state index < -0.39 is 0 Å². The number of carbonyl (C=O) groups is 1. The van der Waals surface area contributed by atoms with E-state index in [9.17, 15) is 4.79 Å². The molecule has 0 atom stereocenters. The average molecular weight is 265 g/mol. The molecule has 0 aliphatic rings. The van der Waals surface area contributed by atoms with Gasteiger partial charge in [-0.25, -0.2) is 0 Å². The van der Waals surface area contributed by atoms with Crippen LogP contribution in [0.4, 0.5) is 0 Å². The molecule has 1 N–H and O–H groups in total. The molecule has 0 heterocycles. The summed E-state index contributed by atoms with van der Waals surface area (Å²) in [6.07, 6.45) is 1.65. The molecule has 2 nitrogen and oxygen atoms in total. The highest BCUT2D eigenvalue weighted by Crippen LogP contribution is 2.06. The molecule has 20 heavy (non-hydrogen) atoms. The van der Waals surface area contributed by atoms with E-state index in [4.69, 9.17) is 0 Å². The van der Waals surface area contributed by atoms with Crippen molar-refractivity contribution in [3.05, 3.63) is 83.1 Å². The lowest BCUT2D eigenvalue weighted by Gasteiger charge is -2.06. The van der Waals surface area contributed by atoms with Gasteiger partial charge in [0.25, 0.3) is 0 Å². The Labute approximate surface area is 120 Å². The molecular formula is C18H19NO. The quantitative estimate of drug-likeness (QED) is 0.656. The Morgan fingerprint density at radius 2 is 1.70 bits per heavy atom. The molecule has 0 unspecified atom stereocenters. The van der Waals surface area contributed by atoms with Crippen molar-refractivity contribution in [1.82, 2.24) is 5.32 Å². The van der Waals surface area contributed by atoms with Gasteiger partial charge in [-0.05, 0) is 19.4 Å². The summed E-state index contributed by atoms with van der Waals surface area (Å²) in [5.74, 6) is 0.0306. The zero-order valence-electron chi connectivity index (χ0n) is 11.9. The van der Waals surface area contributed by atoms with Gasteiger partial charge >= 0.3 is 0 Å². The Morgan fingerprint density at radius 1 is 1.05 bits per heavy atom. The number of ketones is 1. The second-order valence-corrected chi connectivity index (χ2v) is 4.90. The van der Waals surface area contributed by atoms with E-state index in [1.165, 1.54) is 5.56 Å². The van der Waals surface area contributed by atoms with E-state index in [1.54, 1.807) is 6.08 Å². The van der Waals surface area contributed by atoms with Crippen molar-refractivity contribution in [2.75, 3.05) is 0 Å². The predicted molar refractivity (Wildman–Crippen MR) is 82.5 cm³/mol. The van der Waals surface area contributed by atoms with Crippen LogP contribution >= 0.6 is 0 Å². The molecule has 2 heteroatoms. The standard InChI is InChI=1S/C18H19NO/c1-14-8-10-17(11-9-14)18(20)12-15(2)19-13-16-6-4-3-5-7-16/h3-12,19H,13H2,1-2H3/b15-12+. The number of benzene rings is 2. The van der Waals surface area contributed by atoms with E-state index in [0.717, 1.165) is 23.4 Å². The van der Waals surface area contributed by atoms with Crippen molar-refractivity contribution >= 4 is 5.78 Å². The third-order valence-corrected chi connectivity index (χ3v) is 3.10. The number of allylic oxidation sites excluding steroid dienone is 2. The number of aryl methyl sites for hydroxylation is 1. The first-order chi connectivity index (χ1) is 9.65. The largest absolute Gasteiger partial charge is 0.384 e. The predicted octanol–water partition coefficient (Wildman–Crippen LogP) is 3.87. The van der Waals surface area contributed by atoms with Gasteiger partial charge in [-0.2, -0.15) is 0 Å². The fourth-order valence-corrected chi connectivity index (χ4v) is 1.89. The van der Waals surface area contributed by atoms with Crippen LogP contribution in [0.5, 0.6) is 0 Å². The van der Waals surface area contributed by atoms with E-state index >= 15 is 0 Å². The van der Waals surface area contributed by atoms with E-state index in [1.807, 2.05) is 56.3 Å². The summed E-state index contributed by atoms with van der Waals surface area (Å²) in [6.45, 7) is 4.65. The number of rotatable bonds is 5. The van der Waals surface area contributed by atoms with Gasteiger partial charge in [-0.3, -0.25) is 4.79 Å². The topological polar surface area (TPSA) is 29.1 Å². The first-order valence-corrected chi connectivity index (χ1v) is 6.72. The maximum Gasteiger partial charge on any atom is 0.187 e. The monoisotopic (exact) mass is 265 g/mol. The summed E-state index contributed by atoms with van der Waals surface area (Å²) in [6, 6.07) is 17.7. The zero-order valence-corrected chi connectivity index (χ0v) is 11.9. The summed E-state index contributed by atoms with van der Waals surface area (Å²) in [4.78, 5) is 12.1. The second kappa shape index (κ2) is 6.71. The summed E-state index contributed by atoms with van der Waals surface area (Å²) in [7, 11) is 0. The minimum atomic E-state index is 0.0306. The van der Waals surface area contributed by atoms with Crippen LogP contribution in [0.1, 0.15) is 28.4 Å². The van der Waals surface area contributed by atoms with Crippen LogP contribution in [0.15, 0.2) is 66.4 Å². The molecule has 102 valence electrons. The number of carbonyl (C=O) groups excluding carboxylic acids is 1. The molecule has 0 saturated carbocycles. The Morgan fingerprint density at radius 3 is 2.35 bits per heavy atom. The summed E-state index contributed by atoms with van der Waals surface area (Å²) < 4.78 is 0. The molecule has 0 saturated heterocycles. The number of hydrogen-bond donors (Lipinski definition) is 1. The lowest BCUT2D eigenvalue weighted by molar-refractivity contribution is 0.104. The molecule has 2 rings (SSSR count). The fraction of sp³-hybridized carbons (Fsp3) is 0.167. The highest BCUT2D eigenvalue weighted by atomic mass is 16.1. The Balaban J connectivity index is 1.96. The van der Waals surface area contributed by atoms with Gasteiger partial charge in [0.2, 0.25) is 0 Å². The molecule has 0 radical (unpaired) electrons. The van der Waals surface area contributed by atoms with Gasteiger partial charge < -0.3 is 5.32 Å². The number of nitrogens with one attached hydrogen (secondary N) is 1. The van der Waals surface area contributed by atoms with Gasteiger partial charge in [0.05, 0.1) is 0 Å². The summed E-state index contributed by atoms with van der Waals surface area (Å²) >= 11 is 0. The van der Waals surface area contributed by atoms with Crippen LogP contribution < -0.4 is 5.32 Å². The molecule has 2 aromatic carbocycles. The van der Waals surface area contributed by atoms with Crippen molar-refractivity contribution in [3.63, 3.8) is 0 Å². The van der Waals surface area contributed by atoms with Gasteiger partial charge in [0.15, 0.2) is 5.78 Å². The average Bonchev–Trinajstić information content (AvgIpc) is 2.47. The molecule has 0 aromatic heterocycles. The minimum Gasteiger partial charge on any atom is -0.384 e. The molecule has 0 aliphatic heterocycles. The van der Waals surface area contributed by atoms with Crippen LogP contribution in [0, 0.1) is 6.92 Å². The van der Waals surface area contributed by atoms with Crippen molar-refractivity contribution in [2.24, 2.45) is 0 Å². The summed E-state index contributed by atoms with van der Waals surface area (Å²) in [5.41, 5.74) is 3.95. The lowest BCUT2D eigenvalue weighted by atomic mass is 10.1. The second-order valence-electron chi connectivity index (χ2n) is 4.90. The van der Waals surface area contributed by atoms with Crippen molar-refractivity contribution in [3.8, 4) is 0 Å². The molecule has 0 aliphatic carbocycles. The summed E-state index contributed by atoms with van der Waals surface area (Å²) in [5, 5.41) is 3.25. The third-order valence-electron chi connectivity index (χ3n) is 3.10. The van der Waals surface area contributed by atoms with Gasteiger partial charge in [0, 0.05) is 23.9 Å². The Kier molecular flexibility index (Phi) is 4.72. The Hall–Kier alpha value is -2.35. The molecule has 2 aromatic rings. The lowest BCUT2D eigenvalue weighted by Crippen LogP contribution is -2.12. The van der Waals surface area contributed by atoms with Crippen LogP contribution in [-0.4, -0.2) is 5.78 Å². The smallest absolute Gasteiger partial charge is 0.187 e. The molecule has 0 spiro atoms. The normalized spacial score (nSPS) is 11.2. The van der Waals surface area contributed by atoms with Crippen molar-refractivity contribution in [1.29, 1.82) is 0 Å². The van der Waals surface area contributed by atoms with Crippen LogP contribution in [0.3, 0.4) is 0 Å². The first-order valence-electron chi connectivity index (χ1n) is 6.72. The highest BCUT2D eigenvalue weighted by molar-refractivity contribution is 6.04. The third kappa shape index (κ3) is 4.09. The SMILES string of the molecule is C/C(=C\C(=O)c1ccc(C)cc1)NCc1ccccc1. The van der Waals surface area contributed by atoms with Gasteiger partial charge in [-0.1, -0.05) is 60.2 Å². The Bertz CT molecular complexity index is 597. The van der Waals surface area contributed by atoms with Gasteiger partial charge in [0.1, 0.15) is 0 Å². The van der Waals surface area contributed by atoms with E-state index in [-0.39, 0.29) is 5.78 Å². The zero-order chi connectivity index (χ0) is 14.4. The van der Waals surface area contributed by atoms with Crippen LogP contribution in [-0.2, 0) is 6.54 Å². The van der Waals surface area contributed by atoms with Gasteiger partial charge in [-0.15, -0.1) is 0 Å². The molecule has 0 bridgehead atoms. The van der Waals surface area contributed by atoms with E-state index in [0.29, 0.717) is 0 Å². The molecular weight excluding hydrogens is 246 g/mol. The van der Waals surface area contributed by atoms with Crippen molar-refractivity contribution in [2.45, 2.75) is 20.4 Å². The van der Waals surface area contributed by atoms with Crippen LogP contribution in [0.25, 0.3) is 0 Å². The fourth-order valence-electron chi connectivity index (χ4n) is 1.89. The highest BCUT2D eigenvalue weighted by Gasteiger charge is 2.02. The number of hydrogen-bond acceptors (Lipinski definition) is 2. The van der Waals surface area contributed by atoms with Crippen LogP contribution in [0.2, 0.25) is 0 Å². The minimum absolute atomic E-state index is 0.0306. The molecule has 0 amide bonds. The maximum absolute atomic E-state index is 12.1.